The van der Waals surface area contributed by atoms with E-state index in [0.29, 0.717) is 6.54 Å². The minimum atomic E-state index is -1.15. The van der Waals surface area contributed by atoms with Crippen LogP contribution in [0.5, 0.6) is 0 Å². The van der Waals surface area contributed by atoms with E-state index in [1.54, 1.807) is 0 Å². The number of nitrogens with one attached hydrogen (secondary N) is 1. The molecule has 0 aliphatic carbocycles. The summed E-state index contributed by atoms with van der Waals surface area (Å²) in [6.45, 7) is 4.69. The quantitative estimate of drug-likeness (QED) is 0.898. The SMILES string of the molecule is Cc1ccc(CNS(=O)c2ccc(C)cc2)cc1. The van der Waals surface area contributed by atoms with Gasteiger partial charge in [-0.3, -0.25) is 0 Å². The van der Waals surface area contributed by atoms with Gasteiger partial charge in [0.25, 0.3) is 0 Å². The molecule has 94 valence electrons. The van der Waals surface area contributed by atoms with Gasteiger partial charge in [0.1, 0.15) is 11.0 Å². The van der Waals surface area contributed by atoms with Gasteiger partial charge in [-0.1, -0.05) is 47.5 Å². The van der Waals surface area contributed by atoms with Crippen LogP contribution in [0.4, 0.5) is 0 Å². The van der Waals surface area contributed by atoms with Crippen LogP contribution in [0, 0.1) is 13.8 Å². The molecule has 0 saturated heterocycles. The van der Waals surface area contributed by atoms with E-state index in [-0.39, 0.29) is 0 Å². The summed E-state index contributed by atoms with van der Waals surface area (Å²) in [5.41, 5.74) is 3.55. The van der Waals surface area contributed by atoms with E-state index in [9.17, 15) is 4.21 Å². The minimum absolute atomic E-state index is 0.612. The lowest BCUT2D eigenvalue weighted by atomic mass is 10.2. The topological polar surface area (TPSA) is 29.1 Å². The zero-order valence-corrected chi connectivity index (χ0v) is 11.5. The van der Waals surface area contributed by atoms with Crippen molar-refractivity contribution in [2.75, 3.05) is 0 Å². The summed E-state index contributed by atoms with van der Waals surface area (Å²) in [6, 6.07) is 16.0. The fourth-order valence-corrected chi connectivity index (χ4v) is 2.45. The Morgan fingerprint density at radius 1 is 0.889 bits per heavy atom. The van der Waals surface area contributed by atoms with E-state index in [1.165, 1.54) is 11.1 Å². The molecule has 0 heterocycles. The summed E-state index contributed by atoms with van der Waals surface area (Å²) in [5.74, 6) is 0. The molecule has 0 fully saturated rings. The number of hydrogen-bond acceptors (Lipinski definition) is 1. The van der Waals surface area contributed by atoms with Crippen LogP contribution in [0.1, 0.15) is 16.7 Å². The molecule has 0 aromatic heterocycles. The van der Waals surface area contributed by atoms with Gasteiger partial charge in [0, 0.05) is 6.54 Å². The second kappa shape index (κ2) is 5.94. The van der Waals surface area contributed by atoms with E-state index in [4.69, 9.17) is 0 Å². The first-order valence-electron chi connectivity index (χ1n) is 5.92. The second-order valence-electron chi connectivity index (χ2n) is 4.39. The number of hydrogen-bond donors (Lipinski definition) is 1. The van der Waals surface area contributed by atoms with Gasteiger partial charge in [-0.25, -0.2) is 8.93 Å². The van der Waals surface area contributed by atoms with Crippen molar-refractivity contribution in [2.45, 2.75) is 25.3 Å². The molecule has 2 nitrogen and oxygen atoms in total. The third-order valence-electron chi connectivity index (χ3n) is 2.76. The van der Waals surface area contributed by atoms with Crippen molar-refractivity contribution in [1.29, 1.82) is 0 Å². The van der Waals surface area contributed by atoms with Gasteiger partial charge in [-0.15, -0.1) is 0 Å². The predicted molar refractivity (Wildman–Crippen MR) is 75.6 cm³/mol. The molecule has 18 heavy (non-hydrogen) atoms. The van der Waals surface area contributed by atoms with E-state index in [2.05, 4.69) is 35.9 Å². The molecular weight excluding hydrogens is 242 g/mol. The van der Waals surface area contributed by atoms with E-state index in [0.717, 1.165) is 10.5 Å². The van der Waals surface area contributed by atoms with Crippen molar-refractivity contribution < 1.29 is 4.21 Å². The summed E-state index contributed by atoms with van der Waals surface area (Å²) in [4.78, 5) is 0.813. The second-order valence-corrected chi connectivity index (χ2v) is 5.69. The van der Waals surface area contributed by atoms with Gasteiger partial charge in [-0.2, -0.15) is 0 Å². The summed E-state index contributed by atoms with van der Waals surface area (Å²) >= 11 is 0. The number of rotatable bonds is 4. The third-order valence-corrected chi connectivity index (χ3v) is 3.87. The van der Waals surface area contributed by atoms with Crippen LogP contribution >= 0.6 is 0 Å². The van der Waals surface area contributed by atoms with Crippen molar-refractivity contribution in [1.82, 2.24) is 4.72 Å². The standard InChI is InChI=1S/C15H17NOS/c1-12-3-7-14(8-4-12)11-16-18(17)15-9-5-13(2)6-10-15/h3-10,16H,11H2,1-2H3. The zero-order chi connectivity index (χ0) is 13.0. The zero-order valence-electron chi connectivity index (χ0n) is 10.6. The highest BCUT2D eigenvalue weighted by atomic mass is 32.2. The maximum Gasteiger partial charge on any atom is 0.125 e. The van der Waals surface area contributed by atoms with Gasteiger partial charge in [0.15, 0.2) is 0 Å². The molecule has 1 N–H and O–H groups in total. The average molecular weight is 259 g/mol. The largest absolute Gasteiger partial charge is 0.237 e. The monoisotopic (exact) mass is 259 g/mol. The Balaban J connectivity index is 1.96. The highest BCUT2D eigenvalue weighted by Gasteiger charge is 2.02. The molecule has 0 amide bonds. The third kappa shape index (κ3) is 3.52. The number of aryl methyl sites for hydroxylation is 2. The molecule has 0 radical (unpaired) electrons. The van der Waals surface area contributed by atoms with Gasteiger partial charge < -0.3 is 0 Å². The Morgan fingerprint density at radius 2 is 1.39 bits per heavy atom. The van der Waals surface area contributed by atoms with Crippen molar-refractivity contribution >= 4 is 11.0 Å². The Labute approximate surface area is 111 Å². The van der Waals surface area contributed by atoms with Crippen molar-refractivity contribution in [2.24, 2.45) is 0 Å². The van der Waals surface area contributed by atoms with Crippen LogP contribution in [-0.2, 0) is 17.5 Å². The smallest absolute Gasteiger partial charge is 0.125 e. The first-order valence-corrected chi connectivity index (χ1v) is 7.07. The summed E-state index contributed by atoms with van der Waals surface area (Å²) < 4.78 is 15.0. The molecule has 3 heteroatoms. The predicted octanol–water partition coefficient (Wildman–Crippen LogP) is 3.12. The van der Waals surface area contributed by atoms with Crippen molar-refractivity contribution in [3.8, 4) is 0 Å². The molecule has 1 unspecified atom stereocenters. The molecule has 0 aliphatic rings. The minimum Gasteiger partial charge on any atom is -0.237 e. The molecule has 2 aromatic rings. The van der Waals surface area contributed by atoms with Crippen molar-refractivity contribution in [3.05, 3.63) is 65.2 Å². The van der Waals surface area contributed by atoms with Gasteiger partial charge >= 0.3 is 0 Å². The summed E-state index contributed by atoms with van der Waals surface area (Å²) in [7, 11) is -1.15. The van der Waals surface area contributed by atoms with Gasteiger partial charge in [0.05, 0.1) is 4.90 Å². The van der Waals surface area contributed by atoms with Gasteiger partial charge in [0.2, 0.25) is 0 Å². The number of benzene rings is 2. The normalized spacial score (nSPS) is 12.3. The van der Waals surface area contributed by atoms with E-state index < -0.39 is 11.0 Å². The highest BCUT2D eigenvalue weighted by Crippen LogP contribution is 2.08. The fraction of sp³-hybridized carbons (Fsp3) is 0.200. The molecule has 1 atom stereocenters. The molecule has 0 aliphatic heterocycles. The Kier molecular flexibility index (Phi) is 4.28. The Hall–Kier alpha value is -1.45. The Bertz CT molecular complexity index is 531. The maximum absolute atomic E-state index is 12.0. The first-order chi connectivity index (χ1) is 8.65. The average Bonchev–Trinajstić information content (AvgIpc) is 2.38. The summed E-state index contributed by atoms with van der Waals surface area (Å²) in [5, 5.41) is 0. The van der Waals surface area contributed by atoms with E-state index >= 15 is 0 Å². The van der Waals surface area contributed by atoms with Crippen LogP contribution in [0.2, 0.25) is 0 Å². The molecule has 0 saturated carbocycles. The molecular formula is C15H17NOS. The van der Waals surface area contributed by atoms with Crippen LogP contribution in [0.3, 0.4) is 0 Å². The molecule has 0 spiro atoms. The fourth-order valence-electron chi connectivity index (χ4n) is 1.60. The summed E-state index contributed by atoms with van der Waals surface area (Å²) in [6.07, 6.45) is 0. The lowest BCUT2D eigenvalue weighted by Gasteiger charge is -2.05. The maximum atomic E-state index is 12.0. The van der Waals surface area contributed by atoms with E-state index in [1.807, 2.05) is 31.2 Å². The molecule has 2 rings (SSSR count). The lowest BCUT2D eigenvalue weighted by molar-refractivity contribution is 0.672. The van der Waals surface area contributed by atoms with Crippen LogP contribution in [-0.4, -0.2) is 4.21 Å². The molecule has 2 aromatic carbocycles. The van der Waals surface area contributed by atoms with Crippen LogP contribution in [0.15, 0.2) is 53.4 Å². The lowest BCUT2D eigenvalue weighted by Crippen LogP contribution is -2.16. The highest BCUT2D eigenvalue weighted by molar-refractivity contribution is 7.83. The van der Waals surface area contributed by atoms with Crippen molar-refractivity contribution in [3.63, 3.8) is 0 Å². The Morgan fingerprint density at radius 3 is 1.94 bits per heavy atom. The first kappa shape index (κ1) is 13.0. The van der Waals surface area contributed by atoms with Crippen LogP contribution < -0.4 is 4.72 Å². The van der Waals surface area contributed by atoms with Crippen LogP contribution in [0.25, 0.3) is 0 Å². The molecule has 0 bridgehead atoms. The van der Waals surface area contributed by atoms with Gasteiger partial charge in [-0.05, 0) is 31.5 Å².